The predicted octanol–water partition coefficient (Wildman–Crippen LogP) is 2.76. The van der Waals surface area contributed by atoms with Crippen LogP contribution in [-0.2, 0) is 17.7 Å². The van der Waals surface area contributed by atoms with Gasteiger partial charge in [-0.3, -0.25) is 0 Å². The summed E-state index contributed by atoms with van der Waals surface area (Å²) < 4.78 is 8.23. The van der Waals surface area contributed by atoms with Gasteiger partial charge in [0, 0.05) is 31.1 Å². The molecule has 1 aliphatic rings. The van der Waals surface area contributed by atoms with E-state index in [0.717, 1.165) is 51.7 Å². The number of aromatic nitrogens is 2. The minimum Gasteiger partial charge on any atom is -0.378 e. The molecule has 0 atom stereocenters. The fourth-order valence-electron chi connectivity index (χ4n) is 2.88. The van der Waals surface area contributed by atoms with Crippen LogP contribution < -0.4 is 5.73 Å². The summed E-state index contributed by atoms with van der Waals surface area (Å²) in [5.41, 5.74) is 7.24. The Morgan fingerprint density at radius 1 is 1.35 bits per heavy atom. The van der Waals surface area contributed by atoms with Gasteiger partial charge in [0.2, 0.25) is 0 Å². The number of nitrogens with zero attached hydrogens (tertiary/aromatic N) is 2. The summed E-state index contributed by atoms with van der Waals surface area (Å²) in [6.07, 6.45) is 11.0. The molecule has 1 fully saturated rings. The van der Waals surface area contributed by atoms with Gasteiger partial charge in [-0.25, -0.2) is 4.98 Å². The third-order valence-corrected chi connectivity index (χ3v) is 4.03. The van der Waals surface area contributed by atoms with E-state index >= 15 is 0 Å². The van der Waals surface area contributed by atoms with Crippen LogP contribution in [0.2, 0.25) is 0 Å². The molecule has 114 valence electrons. The Hall–Kier alpha value is -0.870. The average Bonchev–Trinajstić information content (AvgIpc) is 2.83. The van der Waals surface area contributed by atoms with Crippen molar-refractivity contribution in [2.75, 3.05) is 6.61 Å². The molecule has 0 radical (unpaired) electrons. The van der Waals surface area contributed by atoms with Gasteiger partial charge in [0.15, 0.2) is 0 Å². The number of hydrogen-bond donors (Lipinski definition) is 1. The molecule has 1 aromatic heterocycles. The number of hydrogen-bond acceptors (Lipinski definition) is 3. The van der Waals surface area contributed by atoms with Gasteiger partial charge in [-0.1, -0.05) is 13.8 Å². The molecule has 1 heterocycles. The summed E-state index contributed by atoms with van der Waals surface area (Å²) in [7, 11) is 0. The zero-order valence-electron chi connectivity index (χ0n) is 12.9. The summed E-state index contributed by atoms with van der Waals surface area (Å²) in [6, 6.07) is 0.402. The van der Waals surface area contributed by atoms with E-state index in [0.29, 0.717) is 18.1 Å². The molecule has 2 rings (SSSR count). The zero-order valence-corrected chi connectivity index (χ0v) is 12.9. The van der Waals surface area contributed by atoms with E-state index in [1.807, 2.05) is 12.5 Å². The molecular weight excluding hydrogens is 250 g/mol. The second kappa shape index (κ2) is 7.79. The van der Waals surface area contributed by atoms with Crippen LogP contribution in [0.1, 0.15) is 51.6 Å². The zero-order chi connectivity index (χ0) is 14.4. The van der Waals surface area contributed by atoms with Gasteiger partial charge in [-0.05, 0) is 44.4 Å². The highest BCUT2D eigenvalue weighted by Gasteiger charge is 2.18. The fourth-order valence-corrected chi connectivity index (χ4v) is 2.88. The van der Waals surface area contributed by atoms with E-state index in [9.17, 15) is 0 Å². The van der Waals surface area contributed by atoms with Crippen LogP contribution in [0.4, 0.5) is 0 Å². The van der Waals surface area contributed by atoms with Gasteiger partial charge < -0.3 is 15.0 Å². The van der Waals surface area contributed by atoms with Gasteiger partial charge in [0.1, 0.15) is 0 Å². The average molecular weight is 279 g/mol. The van der Waals surface area contributed by atoms with Gasteiger partial charge in [0.25, 0.3) is 0 Å². The Bertz CT molecular complexity index is 381. The van der Waals surface area contributed by atoms with Crippen molar-refractivity contribution in [3.63, 3.8) is 0 Å². The van der Waals surface area contributed by atoms with Crippen molar-refractivity contribution in [1.82, 2.24) is 9.55 Å². The molecule has 1 aliphatic carbocycles. The molecular formula is C16H29N3O. The number of ether oxygens (including phenoxy) is 1. The molecule has 0 aliphatic heterocycles. The van der Waals surface area contributed by atoms with Crippen molar-refractivity contribution in [2.45, 2.75) is 71.1 Å². The lowest BCUT2D eigenvalue weighted by Gasteiger charge is -2.26. The fraction of sp³-hybridized carbons (Fsp3) is 0.812. The van der Waals surface area contributed by atoms with Gasteiger partial charge >= 0.3 is 0 Å². The second-order valence-corrected chi connectivity index (χ2v) is 6.44. The first-order valence-electron chi connectivity index (χ1n) is 8.01. The number of imidazole rings is 1. The molecule has 0 amide bonds. The summed E-state index contributed by atoms with van der Waals surface area (Å²) >= 11 is 0. The topological polar surface area (TPSA) is 53.1 Å². The highest BCUT2D eigenvalue weighted by atomic mass is 16.5. The van der Waals surface area contributed by atoms with Crippen LogP contribution in [0.3, 0.4) is 0 Å². The highest BCUT2D eigenvalue weighted by molar-refractivity contribution is 4.99. The normalized spacial score (nSPS) is 23.4. The Labute approximate surface area is 122 Å². The van der Waals surface area contributed by atoms with Crippen molar-refractivity contribution in [3.8, 4) is 0 Å². The highest BCUT2D eigenvalue weighted by Crippen LogP contribution is 2.20. The molecule has 20 heavy (non-hydrogen) atoms. The second-order valence-electron chi connectivity index (χ2n) is 6.44. The van der Waals surface area contributed by atoms with E-state index < -0.39 is 0 Å². The van der Waals surface area contributed by atoms with E-state index in [-0.39, 0.29) is 0 Å². The Morgan fingerprint density at radius 3 is 2.80 bits per heavy atom. The summed E-state index contributed by atoms with van der Waals surface area (Å²) in [6.45, 7) is 6.34. The first-order chi connectivity index (χ1) is 9.65. The maximum absolute atomic E-state index is 5.96. The maximum Gasteiger partial charge on any atom is 0.0948 e. The summed E-state index contributed by atoms with van der Waals surface area (Å²) in [5, 5.41) is 0. The molecule has 4 nitrogen and oxygen atoms in total. The molecule has 0 saturated heterocycles. The molecule has 0 unspecified atom stereocenters. The Morgan fingerprint density at radius 2 is 2.10 bits per heavy atom. The quantitative estimate of drug-likeness (QED) is 0.781. The Kier molecular flexibility index (Phi) is 6.05. The first kappa shape index (κ1) is 15.5. The van der Waals surface area contributed by atoms with Gasteiger partial charge in [-0.2, -0.15) is 0 Å². The molecule has 0 bridgehead atoms. The SMILES string of the molecule is CC(C)Cc1cncn1CCCOC1CCC(N)CC1. The lowest BCUT2D eigenvalue weighted by molar-refractivity contribution is 0.0224. The summed E-state index contributed by atoms with van der Waals surface area (Å²) in [5.74, 6) is 0.674. The number of nitrogens with two attached hydrogens (primary N) is 1. The number of rotatable bonds is 7. The summed E-state index contributed by atoms with van der Waals surface area (Å²) in [4.78, 5) is 4.26. The van der Waals surface area contributed by atoms with Crippen molar-refractivity contribution in [2.24, 2.45) is 11.7 Å². The van der Waals surface area contributed by atoms with Gasteiger partial charge in [0.05, 0.1) is 12.4 Å². The third-order valence-electron chi connectivity index (χ3n) is 4.03. The van der Waals surface area contributed by atoms with E-state index in [1.54, 1.807) is 0 Å². The lowest BCUT2D eigenvalue weighted by Crippen LogP contribution is -2.30. The molecule has 4 heteroatoms. The van der Waals surface area contributed by atoms with E-state index in [4.69, 9.17) is 10.5 Å². The van der Waals surface area contributed by atoms with E-state index in [1.165, 1.54) is 5.69 Å². The first-order valence-corrected chi connectivity index (χ1v) is 8.01. The molecule has 1 aromatic rings. The molecule has 0 spiro atoms. The lowest BCUT2D eigenvalue weighted by atomic mass is 9.94. The molecule has 0 aromatic carbocycles. The van der Waals surface area contributed by atoms with Crippen LogP contribution >= 0.6 is 0 Å². The van der Waals surface area contributed by atoms with Crippen LogP contribution in [-0.4, -0.2) is 28.3 Å². The monoisotopic (exact) mass is 279 g/mol. The van der Waals surface area contributed by atoms with Crippen molar-refractivity contribution in [1.29, 1.82) is 0 Å². The van der Waals surface area contributed by atoms with Crippen molar-refractivity contribution >= 4 is 0 Å². The largest absolute Gasteiger partial charge is 0.378 e. The minimum atomic E-state index is 0.402. The van der Waals surface area contributed by atoms with Crippen molar-refractivity contribution in [3.05, 3.63) is 18.2 Å². The smallest absolute Gasteiger partial charge is 0.0948 e. The van der Waals surface area contributed by atoms with Crippen LogP contribution in [0.5, 0.6) is 0 Å². The molecule has 1 saturated carbocycles. The van der Waals surface area contributed by atoms with Crippen LogP contribution in [0.25, 0.3) is 0 Å². The van der Waals surface area contributed by atoms with Crippen LogP contribution in [0, 0.1) is 5.92 Å². The predicted molar refractivity (Wildman–Crippen MR) is 81.6 cm³/mol. The van der Waals surface area contributed by atoms with E-state index in [2.05, 4.69) is 23.4 Å². The molecule has 2 N–H and O–H groups in total. The standard InChI is InChI=1S/C16H29N3O/c1-13(2)10-15-11-18-12-19(15)8-3-9-20-16-6-4-14(17)5-7-16/h11-14,16H,3-10,17H2,1-2H3. The van der Waals surface area contributed by atoms with Gasteiger partial charge in [-0.15, -0.1) is 0 Å². The maximum atomic E-state index is 5.96. The van der Waals surface area contributed by atoms with Crippen molar-refractivity contribution < 1.29 is 4.74 Å². The third kappa shape index (κ3) is 4.91. The van der Waals surface area contributed by atoms with Crippen LogP contribution in [0.15, 0.2) is 12.5 Å². The Balaban J connectivity index is 1.65. The number of aryl methyl sites for hydroxylation is 1. The minimum absolute atomic E-state index is 0.402.